The zero-order valence-electron chi connectivity index (χ0n) is 13.7. The second kappa shape index (κ2) is 6.72. The van der Waals surface area contributed by atoms with E-state index in [2.05, 4.69) is 9.97 Å². The van der Waals surface area contributed by atoms with Crippen LogP contribution in [0.1, 0.15) is 6.42 Å². The van der Waals surface area contributed by atoms with E-state index in [9.17, 15) is 4.79 Å². The van der Waals surface area contributed by atoms with Crippen LogP contribution in [-0.4, -0.2) is 36.6 Å². The van der Waals surface area contributed by atoms with Crippen molar-refractivity contribution in [3.8, 4) is 11.1 Å². The summed E-state index contributed by atoms with van der Waals surface area (Å²) >= 11 is 0. The number of anilines is 2. The molecule has 0 saturated carbocycles. The number of nitrogens with two attached hydrogens (primary N) is 1. The van der Waals surface area contributed by atoms with Gasteiger partial charge in [-0.1, -0.05) is 12.1 Å². The summed E-state index contributed by atoms with van der Waals surface area (Å²) in [7, 11) is 3.36. The number of amides is 1. The molecule has 6 nitrogen and oxygen atoms in total. The molecule has 0 fully saturated rings. The Hall–Kier alpha value is -2.86. The number of pyridine rings is 1. The molecule has 6 heteroatoms. The normalized spacial score (nSPS) is 10.9. The molecule has 0 unspecified atom stereocenters. The van der Waals surface area contributed by atoms with E-state index < -0.39 is 0 Å². The van der Waals surface area contributed by atoms with Crippen LogP contribution in [0.4, 0.5) is 11.4 Å². The summed E-state index contributed by atoms with van der Waals surface area (Å²) in [5, 5.41) is 0.959. The van der Waals surface area contributed by atoms with Crippen LogP contribution in [0.5, 0.6) is 0 Å². The highest BCUT2D eigenvalue weighted by atomic mass is 16.5. The number of ether oxygens (including phenoxy) is 1. The monoisotopic (exact) mass is 324 g/mol. The van der Waals surface area contributed by atoms with Crippen molar-refractivity contribution in [1.82, 2.24) is 9.97 Å². The first-order chi connectivity index (χ1) is 11.6. The maximum atomic E-state index is 12.2. The van der Waals surface area contributed by atoms with Gasteiger partial charge in [0.2, 0.25) is 5.91 Å². The number of hydrogen-bond acceptors (Lipinski definition) is 4. The van der Waals surface area contributed by atoms with Crippen LogP contribution < -0.4 is 10.6 Å². The molecule has 0 saturated heterocycles. The van der Waals surface area contributed by atoms with Crippen molar-refractivity contribution in [2.24, 2.45) is 0 Å². The first-order valence-electron chi connectivity index (χ1n) is 7.68. The number of carbonyl (C=O) groups is 1. The van der Waals surface area contributed by atoms with Crippen molar-refractivity contribution in [2.75, 3.05) is 31.4 Å². The minimum Gasteiger partial charge on any atom is -0.397 e. The van der Waals surface area contributed by atoms with Gasteiger partial charge in [-0.05, 0) is 23.8 Å². The van der Waals surface area contributed by atoms with E-state index in [-0.39, 0.29) is 5.91 Å². The topological polar surface area (TPSA) is 84.2 Å². The molecule has 3 aromatic rings. The molecule has 0 radical (unpaired) electrons. The zero-order chi connectivity index (χ0) is 17.1. The molecule has 24 heavy (non-hydrogen) atoms. The van der Waals surface area contributed by atoms with Crippen molar-refractivity contribution in [1.29, 1.82) is 0 Å². The van der Waals surface area contributed by atoms with Gasteiger partial charge in [0.15, 0.2) is 0 Å². The summed E-state index contributed by atoms with van der Waals surface area (Å²) in [6.07, 6.45) is 3.88. The molecule has 124 valence electrons. The number of methoxy groups -OCH3 is 1. The Balaban J connectivity index is 1.95. The fourth-order valence-electron chi connectivity index (χ4n) is 2.64. The molecular formula is C18H20N4O2. The summed E-state index contributed by atoms with van der Waals surface area (Å²) in [4.78, 5) is 21.3. The highest BCUT2D eigenvalue weighted by Crippen LogP contribution is 2.31. The average molecular weight is 324 g/mol. The van der Waals surface area contributed by atoms with Gasteiger partial charge in [0, 0.05) is 37.0 Å². The third-order valence-corrected chi connectivity index (χ3v) is 3.99. The van der Waals surface area contributed by atoms with Gasteiger partial charge in [-0.15, -0.1) is 0 Å². The van der Waals surface area contributed by atoms with Gasteiger partial charge in [0.05, 0.1) is 24.9 Å². The predicted octanol–water partition coefficient (Wildman–Crippen LogP) is 2.81. The van der Waals surface area contributed by atoms with Crippen LogP contribution in [0, 0.1) is 0 Å². The smallest absolute Gasteiger partial charge is 0.229 e. The largest absolute Gasteiger partial charge is 0.397 e. The van der Waals surface area contributed by atoms with Crippen molar-refractivity contribution < 1.29 is 9.53 Å². The van der Waals surface area contributed by atoms with Gasteiger partial charge in [-0.2, -0.15) is 0 Å². The first kappa shape index (κ1) is 16.0. The summed E-state index contributed by atoms with van der Waals surface area (Å²) in [6.45, 7) is 0.413. The van der Waals surface area contributed by atoms with Crippen LogP contribution in [0.25, 0.3) is 22.2 Å². The maximum Gasteiger partial charge on any atom is 0.229 e. The molecule has 3 rings (SSSR count). The van der Waals surface area contributed by atoms with Gasteiger partial charge in [0.25, 0.3) is 0 Å². The van der Waals surface area contributed by atoms with E-state index in [0.717, 1.165) is 27.8 Å². The Morgan fingerprint density at radius 1 is 1.38 bits per heavy atom. The van der Waals surface area contributed by atoms with Crippen LogP contribution in [-0.2, 0) is 9.53 Å². The van der Waals surface area contributed by atoms with Gasteiger partial charge in [0.1, 0.15) is 5.65 Å². The number of benzene rings is 1. The molecule has 1 amide bonds. The third kappa shape index (κ3) is 3.09. The second-order valence-corrected chi connectivity index (χ2v) is 5.61. The number of hydrogen-bond donors (Lipinski definition) is 2. The highest BCUT2D eigenvalue weighted by molar-refractivity contribution is 5.97. The minimum atomic E-state index is 0.0128. The van der Waals surface area contributed by atoms with E-state index >= 15 is 0 Å². The Morgan fingerprint density at radius 3 is 3.00 bits per heavy atom. The van der Waals surface area contributed by atoms with E-state index in [1.807, 2.05) is 36.5 Å². The Morgan fingerprint density at radius 2 is 2.21 bits per heavy atom. The van der Waals surface area contributed by atoms with Crippen LogP contribution in [0.15, 0.2) is 42.7 Å². The Labute approximate surface area is 140 Å². The number of fused-ring (bicyclic) bond motifs is 1. The number of nitrogen functional groups attached to an aromatic ring is 1. The lowest BCUT2D eigenvalue weighted by atomic mass is 10.0. The second-order valence-electron chi connectivity index (χ2n) is 5.61. The first-order valence-corrected chi connectivity index (χ1v) is 7.68. The van der Waals surface area contributed by atoms with E-state index in [1.54, 1.807) is 25.3 Å². The number of carbonyl (C=O) groups excluding carboxylic acids is 1. The van der Waals surface area contributed by atoms with Crippen molar-refractivity contribution in [3.05, 3.63) is 42.7 Å². The number of H-pyrrole nitrogens is 1. The fraction of sp³-hybridized carbons (Fsp3) is 0.222. The molecule has 0 spiro atoms. The molecule has 3 N–H and O–H groups in total. The SMILES string of the molecule is COCCC(=O)N(C)c1cccc(-c2c[nH]c3ncc(N)cc23)c1. The fourth-order valence-corrected chi connectivity index (χ4v) is 2.64. The van der Waals surface area contributed by atoms with Gasteiger partial charge in [-0.3, -0.25) is 4.79 Å². The average Bonchev–Trinajstić information content (AvgIpc) is 3.02. The number of aromatic amines is 1. The molecule has 0 atom stereocenters. The van der Waals surface area contributed by atoms with Crippen LogP contribution in [0.3, 0.4) is 0 Å². The standard InChI is InChI=1S/C18H20N4O2/c1-22(17(23)6-7-24-2)14-5-3-4-12(8-14)16-11-21-18-15(16)9-13(19)10-20-18/h3-5,8-11H,6-7,19H2,1-2H3,(H,20,21). The van der Waals surface area contributed by atoms with Gasteiger partial charge in [-0.25, -0.2) is 4.98 Å². The maximum absolute atomic E-state index is 12.2. The van der Waals surface area contributed by atoms with Crippen LogP contribution >= 0.6 is 0 Å². The Kier molecular flexibility index (Phi) is 4.48. The van der Waals surface area contributed by atoms with Crippen LogP contribution in [0.2, 0.25) is 0 Å². The van der Waals surface area contributed by atoms with Gasteiger partial charge < -0.3 is 20.4 Å². The van der Waals surface area contributed by atoms with Crippen molar-refractivity contribution in [3.63, 3.8) is 0 Å². The number of rotatable bonds is 5. The number of nitrogens with zero attached hydrogens (tertiary/aromatic N) is 2. The Bertz CT molecular complexity index is 872. The molecule has 0 aliphatic carbocycles. The summed E-state index contributed by atoms with van der Waals surface area (Å²) in [6, 6.07) is 9.73. The van der Waals surface area contributed by atoms with Gasteiger partial charge >= 0.3 is 0 Å². The minimum absolute atomic E-state index is 0.0128. The molecule has 0 bridgehead atoms. The molecule has 1 aromatic carbocycles. The predicted molar refractivity (Wildman–Crippen MR) is 95.8 cm³/mol. The molecule has 0 aliphatic rings. The summed E-state index contributed by atoms with van der Waals surface area (Å²) in [5.41, 5.74) is 10.1. The number of nitrogens with one attached hydrogen (secondary N) is 1. The van der Waals surface area contributed by atoms with Crippen molar-refractivity contribution in [2.45, 2.75) is 6.42 Å². The van der Waals surface area contributed by atoms with Crippen molar-refractivity contribution >= 4 is 28.3 Å². The highest BCUT2D eigenvalue weighted by Gasteiger charge is 2.13. The molecule has 2 heterocycles. The zero-order valence-corrected chi connectivity index (χ0v) is 13.7. The quantitative estimate of drug-likeness (QED) is 0.756. The molecule has 2 aromatic heterocycles. The molecular weight excluding hydrogens is 304 g/mol. The molecule has 0 aliphatic heterocycles. The lowest BCUT2D eigenvalue weighted by Gasteiger charge is -2.18. The lowest BCUT2D eigenvalue weighted by Crippen LogP contribution is -2.26. The lowest BCUT2D eigenvalue weighted by molar-refractivity contribution is -0.119. The summed E-state index contributed by atoms with van der Waals surface area (Å²) < 4.78 is 4.97. The summed E-state index contributed by atoms with van der Waals surface area (Å²) in [5.74, 6) is 0.0128. The number of aromatic nitrogens is 2. The van der Waals surface area contributed by atoms with E-state index in [1.165, 1.54) is 0 Å². The third-order valence-electron chi connectivity index (χ3n) is 3.99. The van der Waals surface area contributed by atoms with E-state index in [0.29, 0.717) is 18.7 Å². The van der Waals surface area contributed by atoms with E-state index in [4.69, 9.17) is 10.5 Å².